The van der Waals surface area contributed by atoms with Crippen molar-refractivity contribution in [2.45, 2.75) is 25.4 Å². The number of rotatable bonds is 10. The highest BCUT2D eigenvalue weighted by Gasteiger charge is 2.16. The van der Waals surface area contributed by atoms with E-state index in [1.807, 2.05) is 24.3 Å². The number of carbonyl (C=O) groups excluding carboxylic acids is 1. The second-order valence-corrected chi connectivity index (χ2v) is 10.4. The standard InChI is InChI=1S/C23H28ClN7O4.CH4O3S/c24-19-21(26)30-20(25)18(29-19)22(34)31-23(27)28-8-2-1-3-13-4-5-15-10-17(7-6-14(15)9-13)35-12-16(33)11-32;1-5(2,3)4/h4-7,9-10,16,32-33H,1-3,8,11-12H2,(H4,25,26,30)(H3,27,28,31,34);1H3,(H,2,3,4). The van der Waals surface area contributed by atoms with Gasteiger partial charge in [-0.2, -0.15) is 8.42 Å². The first-order chi connectivity index (χ1) is 18.8. The molecule has 0 spiro atoms. The molecule has 3 aromatic rings. The molecule has 0 fully saturated rings. The molecule has 0 saturated heterocycles. The van der Waals surface area contributed by atoms with Crippen LogP contribution in [0.4, 0.5) is 11.6 Å². The molecule has 0 bridgehead atoms. The fraction of sp³-hybridized carbons (Fsp3) is 0.333. The van der Waals surface area contributed by atoms with Crippen LogP contribution in [-0.4, -0.2) is 77.1 Å². The number of aliphatic imine (C=N–C) groups is 1. The number of nitrogens with two attached hydrogens (primary N) is 3. The average molecular weight is 598 g/mol. The van der Waals surface area contributed by atoms with Gasteiger partial charge in [-0.3, -0.25) is 19.7 Å². The van der Waals surface area contributed by atoms with Crippen molar-refractivity contribution in [2.75, 3.05) is 37.5 Å². The molecule has 218 valence electrons. The Morgan fingerprint density at radius 1 is 1.12 bits per heavy atom. The van der Waals surface area contributed by atoms with E-state index in [0.717, 1.165) is 30.0 Å². The lowest BCUT2D eigenvalue weighted by atomic mass is 10.0. The van der Waals surface area contributed by atoms with E-state index < -0.39 is 22.1 Å². The summed E-state index contributed by atoms with van der Waals surface area (Å²) in [5, 5.41) is 22.7. The van der Waals surface area contributed by atoms with Crippen LogP contribution < -0.4 is 27.3 Å². The van der Waals surface area contributed by atoms with E-state index in [2.05, 4.69) is 32.4 Å². The van der Waals surface area contributed by atoms with Crippen molar-refractivity contribution < 1.29 is 32.7 Å². The highest BCUT2D eigenvalue weighted by Crippen LogP contribution is 2.23. The number of anilines is 2. The quantitative estimate of drug-likeness (QED) is 0.0740. The van der Waals surface area contributed by atoms with Gasteiger partial charge in [0.15, 0.2) is 28.4 Å². The zero-order chi connectivity index (χ0) is 29.9. The molecule has 16 heteroatoms. The summed E-state index contributed by atoms with van der Waals surface area (Å²) >= 11 is 5.79. The second kappa shape index (κ2) is 15.1. The minimum absolute atomic E-state index is 0.0364. The van der Waals surface area contributed by atoms with Crippen LogP contribution in [0.2, 0.25) is 5.15 Å². The van der Waals surface area contributed by atoms with Gasteiger partial charge in [0, 0.05) is 6.54 Å². The summed E-state index contributed by atoms with van der Waals surface area (Å²) in [6.45, 7) is 0.130. The van der Waals surface area contributed by atoms with Gasteiger partial charge in [0.05, 0.1) is 12.9 Å². The van der Waals surface area contributed by atoms with Crippen molar-refractivity contribution in [3.63, 3.8) is 0 Å². The lowest BCUT2D eigenvalue weighted by molar-refractivity contribution is 0.0536. The monoisotopic (exact) mass is 597 g/mol. The number of unbranched alkanes of at least 4 members (excludes halogenated alkanes) is 1. The minimum atomic E-state index is -3.67. The first-order valence-electron chi connectivity index (χ1n) is 11.8. The third-order valence-electron chi connectivity index (χ3n) is 5.05. The number of aliphatic hydroxyl groups excluding tert-OH is 2. The summed E-state index contributed by atoms with van der Waals surface area (Å²) in [6, 6.07) is 11.9. The van der Waals surface area contributed by atoms with Crippen LogP contribution >= 0.6 is 11.6 Å². The van der Waals surface area contributed by atoms with E-state index in [1.165, 1.54) is 5.56 Å². The van der Waals surface area contributed by atoms with Crippen molar-refractivity contribution in [3.05, 3.63) is 52.8 Å². The van der Waals surface area contributed by atoms with Crippen LogP contribution in [0.3, 0.4) is 0 Å². The fourth-order valence-electron chi connectivity index (χ4n) is 3.23. The molecule has 1 unspecified atom stereocenters. The lowest BCUT2D eigenvalue weighted by Crippen LogP contribution is -2.38. The van der Waals surface area contributed by atoms with Crippen molar-refractivity contribution in [2.24, 2.45) is 10.7 Å². The number of aromatic nitrogens is 2. The van der Waals surface area contributed by atoms with Crippen LogP contribution in [0.15, 0.2) is 41.4 Å². The molecule has 0 aliphatic heterocycles. The maximum Gasteiger partial charge on any atom is 0.280 e. The zero-order valence-corrected chi connectivity index (χ0v) is 23.2. The topological polar surface area (TPSA) is 249 Å². The van der Waals surface area contributed by atoms with Gasteiger partial charge in [-0.05, 0) is 47.7 Å². The van der Waals surface area contributed by atoms with Gasteiger partial charge in [-0.1, -0.05) is 35.9 Å². The van der Waals surface area contributed by atoms with Crippen molar-refractivity contribution in [3.8, 4) is 5.75 Å². The molecule has 0 saturated carbocycles. The van der Waals surface area contributed by atoms with Crippen LogP contribution in [-0.2, 0) is 16.5 Å². The van der Waals surface area contributed by atoms with Crippen LogP contribution in [0.25, 0.3) is 10.8 Å². The van der Waals surface area contributed by atoms with Gasteiger partial charge in [0.1, 0.15) is 18.5 Å². The number of aliphatic hydroxyl groups is 2. The maximum atomic E-state index is 12.2. The number of hydrogen-bond donors (Lipinski definition) is 7. The SMILES string of the molecule is CS(=O)(=O)O.NC(=NCCCCc1ccc2cc(OCC(O)CO)ccc2c1)NC(=O)c1nc(Cl)c(N)nc1N. The molecule has 1 amide bonds. The number of fused-ring (bicyclic) bond motifs is 1. The third-order valence-corrected chi connectivity index (χ3v) is 5.32. The van der Waals surface area contributed by atoms with Crippen LogP contribution in [0, 0.1) is 0 Å². The molecule has 40 heavy (non-hydrogen) atoms. The van der Waals surface area contributed by atoms with E-state index in [1.54, 1.807) is 0 Å². The van der Waals surface area contributed by atoms with Gasteiger partial charge in [0.25, 0.3) is 16.0 Å². The second-order valence-electron chi connectivity index (χ2n) is 8.54. The molecule has 2 aromatic carbocycles. The number of nitrogen functional groups attached to an aromatic ring is 2. The fourth-order valence-corrected chi connectivity index (χ4v) is 3.35. The molecule has 0 radical (unpaired) electrons. The van der Waals surface area contributed by atoms with E-state index in [-0.39, 0.29) is 41.7 Å². The van der Waals surface area contributed by atoms with E-state index in [0.29, 0.717) is 18.6 Å². The predicted octanol–water partition coefficient (Wildman–Crippen LogP) is 0.751. The Kier molecular flexibility index (Phi) is 12.3. The zero-order valence-electron chi connectivity index (χ0n) is 21.6. The molecular weight excluding hydrogens is 566 g/mol. The Morgan fingerprint density at radius 2 is 1.77 bits per heavy atom. The lowest BCUT2D eigenvalue weighted by Gasteiger charge is -2.11. The molecule has 1 atom stereocenters. The Labute approximate surface area is 236 Å². The number of hydrogen-bond acceptors (Lipinski definition) is 11. The molecule has 0 aliphatic carbocycles. The minimum Gasteiger partial charge on any atom is -0.491 e. The molecule has 10 N–H and O–H groups in total. The Bertz CT molecular complexity index is 1450. The molecule has 3 rings (SSSR count). The van der Waals surface area contributed by atoms with Gasteiger partial charge in [-0.25, -0.2) is 9.97 Å². The average Bonchev–Trinajstić information content (AvgIpc) is 2.87. The first-order valence-corrected chi connectivity index (χ1v) is 14.1. The van der Waals surface area contributed by atoms with Crippen LogP contribution in [0.1, 0.15) is 28.9 Å². The van der Waals surface area contributed by atoms with Gasteiger partial charge in [0.2, 0.25) is 0 Å². The summed E-state index contributed by atoms with van der Waals surface area (Å²) in [4.78, 5) is 24.0. The normalized spacial score (nSPS) is 12.4. The summed E-state index contributed by atoms with van der Waals surface area (Å²) in [5.74, 6) is -0.319. The summed E-state index contributed by atoms with van der Waals surface area (Å²) in [6.07, 6.45) is 2.31. The number of benzene rings is 2. The molecule has 1 aromatic heterocycles. The van der Waals surface area contributed by atoms with E-state index >= 15 is 0 Å². The first kappa shape index (κ1) is 32.5. The van der Waals surface area contributed by atoms with E-state index in [4.69, 9.17) is 43.2 Å². The highest BCUT2D eigenvalue weighted by molar-refractivity contribution is 7.85. The van der Waals surface area contributed by atoms with Gasteiger partial charge < -0.3 is 32.2 Å². The Hall–Kier alpha value is -3.76. The van der Waals surface area contributed by atoms with Crippen LogP contribution in [0.5, 0.6) is 5.75 Å². The predicted molar refractivity (Wildman–Crippen MR) is 153 cm³/mol. The third kappa shape index (κ3) is 11.5. The maximum absolute atomic E-state index is 12.2. The number of ether oxygens (including phenoxy) is 1. The van der Waals surface area contributed by atoms with Crippen molar-refractivity contribution in [1.29, 1.82) is 0 Å². The summed E-state index contributed by atoms with van der Waals surface area (Å²) < 4.78 is 31.4. The van der Waals surface area contributed by atoms with Gasteiger partial charge >= 0.3 is 0 Å². The van der Waals surface area contributed by atoms with Crippen molar-refractivity contribution in [1.82, 2.24) is 15.3 Å². The summed E-state index contributed by atoms with van der Waals surface area (Å²) in [5.41, 5.74) is 17.9. The number of nitrogens with one attached hydrogen (secondary N) is 1. The molecule has 1 heterocycles. The summed E-state index contributed by atoms with van der Waals surface area (Å²) in [7, 11) is -3.67. The van der Waals surface area contributed by atoms with Gasteiger partial charge in [-0.15, -0.1) is 0 Å². The smallest absolute Gasteiger partial charge is 0.280 e. The number of nitrogens with zero attached hydrogens (tertiary/aromatic N) is 3. The molecular formula is C24H32ClN7O7S. The number of aryl methyl sites for hydroxylation is 1. The Morgan fingerprint density at radius 3 is 2.45 bits per heavy atom. The largest absolute Gasteiger partial charge is 0.491 e. The number of guanidine groups is 1. The van der Waals surface area contributed by atoms with Crippen molar-refractivity contribution >= 4 is 56.0 Å². The highest BCUT2D eigenvalue weighted by atomic mass is 35.5. The number of carbonyl (C=O) groups is 1. The molecule has 0 aliphatic rings. The number of halogens is 1. The van der Waals surface area contributed by atoms with E-state index in [9.17, 15) is 18.3 Å². The molecule has 14 nitrogen and oxygen atoms in total. The number of amides is 1. The Balaban J connectivity index is 0.00000103.